The topological polar surface area (TPSA) is 55.8 Å². The van der Waals surface area contributed by atoms with Gasteiger partial charge in [-0.05, 0) is 61.6 Å². The number of aliphatic hydroxyl groups is 1. The Labute approximate surface area is 185 Å². The maximum atomic E-state index is 12.9. The van der Waals surface area contributed by atoms with Crippen LogP contribution in [0, 0.1) is 11.7 Å². The predicted molar refractivity (Wildman–Crippen MR) is 112 cm³/mol. The highest BCUT2D eigenvalue weighted by Gasteiger charge is 2.39. The van der Waals surface area contributed by atoms with Gasteiger partial charge in [-0.15, -0.1) is 0 Å². The van der Waals surface area contributed by atoms with E-state index < -0.39 is 30.6 Å². The highest BCUT2D eigenvalue weighted by atomic mass is 19.4. The van der Waals surface area contributed by atoms with Crippen LogP contribution < -0.4 is 4.74 Å². The van der Waals surface area contributed by atoms with E-state index in [1.54, 1.807) is 12.1 Å². The number of aliphatic hydroxyl groups excluding tert-OH is 1. The van der Waals surface area contributed by atoms with E-state index in [-0.39, 0.29) is 18.8 Å². The number of ether oxygens (including phenoxy) is 2. The molecular formula is C24H28F4O4. The smallest absolute Gasteiger partial charge is 0.390 e. The molecule has 0 heterocycles. The molecule has 0 aromatic heterocycles. The van der Waals surface area contributed by atoms with Gasteiger partial charge < -0.3 is 14.6 Å². The van der Waals surface area contributed by atoms with Crippen molar-refractivity contribution in [2.45, 2.75) is 57.9 Å². The minimum atomic E-state index is -4.56. The number of carbonyl (C=O) groups is 1. The molecule has 0 aliphatic heterocycles. The standard InChI is InChI=1S/C24H28F4O4/c1-2-31-23(30)21(15-24(26,27)28)22(29)6-4-3-5-17-9-13-20(14-10-17)32-16-18-7-11-19(25)12-8-18/h7-14,21-22,29H,2-6,15-16H2,1H3. The van der Waals surface area contributed by atoms with E-state index in [2.05, 4.69) is 4.74 Å². The van der Waals surface area contributed by atoms with Crippen molar-refractivity contribution in [2.75, 3.05) is 6.61 Å². The zero-order chi connectivity index (χ0) is 23.6. The fraction of sp³-hybridized carbons (Fsp3) is 0.458. The SMILES string of the molecule is CCOC(=O)C(CC(F)(F)F)C(O)CCCCc1ccc(OCc2ccc(F)cc2)cc1. The quantitative estimate of drug-likeness (QED) is 0.256. The van der Waals surface area contributed by atoms with Crippen LogP contribution >= 0.6 is 0 Å². The van der Waals surface area contributed by atoms with Crippen LogP contribution in [0.25, 0.3) is 0 Å². The van der Waals surface area contributed by atoms with E-state index >= 15 is 0 Å². The number of esters is 1. The predicted octanol–water partition coefficient (Wildman–Crippen LogP) is 5.61. The Morgan fingerprint density at radius 2 is 1.62 bits per heavy atom. The van der Waals surface area contributed by atoms with Gasteiger partial charge in [0.25, 0.3) is 0 Å². The van der Waals surface area contributed by atoms with Crippen LogP contribution in [0.4, 0.5) is 17.6 Å². The lowest BCUT2D eigenvalue weighted by molar-refractivity contribution is -0.175. The highest BCUT2D eigenvalue weighted by Crippen LogP contribution is 2.29. The maximum absolute atomic E-state index is 12.9. The lowest BCUT2D eigenvalue weighted by atomic mass is 9.93. The number of halogens is 4. The molecule has 2 aromatic carbocycles. The van der Waals surface area contributed by atoms with E-state index in [9.17, 15) is 27.5 Å². The van der Waals surface area contributed by atoms with E-state index in [0.717, 1.165) is 11.1 Å². The van der Waals surface area contributed by atoms with E-state index in [1.807, 2.05) is 24.3 Å². The molecule has 2 aromatic rings. The lowest BCUT2D eigenvalue weighted by Crippen LogP contribution is -2.34. The number of aryl methyl sites for hydroxylation is 1. The van der Waals surface area contributed by atoms with Crippen LogP contribution in [0.15, 0.2) is 48.5 Å². The molecule has 0 aliphatic carbocycles. The normalized spacial score (nSPS) is 13.4. The van der Waals surface area contributed by atoms with Gasteiger partial charge in [-0.3, -0.25) is 4.79 Å². The fourth-order valence-corrected chi connectivity index (χ4v) is 3.26. The number of benzene rings is 2. The van der Waals surface area contributed by atoms with Crippen LogP contribution in [0.5, 0.6) is 5.75 Å². The van der Waals surface area contributed by atoms with Gasteiger partial charge in [-0.1, -0.05) is 30.7 Å². The van der Waals surface area contributed by atoms with Gasteiger partial charge in [0, 0.05) is 0 Å². The van der Waals surface area contributed by atoms with Crippen molar-refractivity contribution < 1.29 is 36.9 Å². The van der Waals surface area contributed by atoms with Gasteiger partial charge in [-0.25, -0.2) is 4.39 Å². The van der Waals surface area contributed by atoms with Crippen molar-refractivity contribution in [3.05, 3.63) is 65.5 Å². The van der Waals surface area contributed by atoms with Crippen molar-refractivity contribution in [2.24, 2.45) is 5.92 Å². The molecule has 0 radical (unpaired) electrons. The molecule has 1 N–H and O–H groups in total. The van der Waals surface area contributed by atoms with Crippen LogP contribution in [-0.2, 0) is 22.6 Å². The van der Waals surface area contributed by atoms with Crippen LogP contribution in [0.1, 0.15) is 43.7 Å². The first-order valence-corrected chi connectivity index (χ1v) is 10.6. The summed E-state index contributed by atoms with van der Waals surface area (Å²) in [5.41, 5.74) is 1.87. The van der Waals surface area contributed by atoms with Crippen molar-refractivity contribution in [1.82, 2.24) is 0 Å². The second kappa shape index (κ2) is 12.4. The third kappa shape index (κ3) is 9.26. The summed E-state index contributed by atoms with van der Waals surface area (Å²) in [6.45, 7) is 1.79. The zero-order valence-corrected chi connectivity index (χ0v) is 17.9. The number of alkyl halides is 3. The average molecular weight is 456 g/mol. The van der Waals surface area contributed by atoms with Crippen molar-refractivity contribution >= 4 is 5.97 Å². The van der Waals surface area contributed by atoms with Gasteiger partial charge in [0.05, 0.1) is 25.0 Å². The Balaban J connectivity index is 1.76. The Hall–Kier alpha value is -2.61. The van der Waals surface area contributed by atoms with Crippen LogP contribution in [0.2, 0.25) is 0 Å². The molecule has 0 aliphatic rings. The number of unbranched alkanes of at least 4 members (excludes halogenated alkanes) is 1. The zero-order valence-electron chi connectivity index (χ0n) is 17.9. The van der Waals surface area contributed by atoms with Crippen LogP contribution in [-0.4, -0.2) is 30.0 Å². The van der Waals surface area contributed by atoms with Gasteiger partial charge in [0.1, 0.15) is 18.2 Å². The monoisotopic (exact) mass is 456 g/mol. The molecule has 0 saturated heterocycles. The summed E-state index contributed by atoms with van der Waals surface area (Å²) >= 11 is 0. The van der Waals surface area contributed by atoms with Crippen molar-refractivity contribution in [1.29, 1.82) is 0 Å². The molecule has 176 valence electrons. The first-order valence-electron chi connectivity index (χ1n) is 10.6. The molecule has 0 bridgehead atoms. The maximum Gasteiger partial charge on any atom is 0.390 e. The molecule has 0 spiro atoms. The minimum Gasteiger partial charge on any atom is -0.489 e. The fourth-order valence-electron chi connectivity index (χ4n) is 3.26. The Bertz CT molecular complexity index is 819. The molecule has 0 saturated carbocycles. The molecule has 4 nitrogen and oxygen atoms in total. The Morgan fingerprint density at radius 1 is 1.00 bits per heavy atom. The first kappa shape index (κ1) is 25.6. The largest absolute Gasteiger partial charge is 0.489 e. The highest BCUT2D eigenvalue weighted by molar-refractivity contribution is 5.73. The summed E-state index contributed by atoms with van der Waals surface area (Å²) in [7, 11) is 0. The summed E-state index contributed by atoms with van der Waals surface area (Å²) < 4.78 is 61.5. The summed E-state index contributed by atoms with van der Waals surface area (Å²) in [5, 5.41) is 10.1. The third-order valence-electron chi connectivity index (χ3n) is 4.96. The van der Waals surface area contributed by atoms with E-state index in [4.69, 9.17) is 4.74 Å². The number of hydrogen-bond donors (Lipinski definition) is 1. The molecule has 8 heteroatoms. The van der Waals surface area contributed by atoms with E-state index in [0.29, 0.717) is 31.6 Å². The Morgan fingerprint density at radius 3 is 2.22 bits per heavy atom. The summed E-state index contributed by atoms with van der Waals surface area (Å²) in [4.78, 5) is 11.8. The summed E-state index contributed by atoms with van der Waals surface area (Å²) in [6, 6.07) is 13.5. The third-order valence-corrected chi connectivity index (χ3v) is 4.96. The second-order valence-electron chi connectivity index (χ2n) is 7.55. The van der Waals surface area contributed by atoms with E-state index in [1.165, 1.54) is 19.1 Å². The number of hydrogen-bond acceptors (Lipinski definition) is 4. The average Bonchev–Trinajstić information content (AvgIpc) is 2.75. The molecule has 2 unspecified atom stereocenters. The van der Waals surface area contributed by atoms with Crippen molar-refractivity contribution in [3.63, 3.8) is 0 Å². The molecule has 32 heavy (non-hydrogen) atoms. The number of rotatable bonds is 12. The molecular weight excluding hydrogens is 428 g/mol. The molecule has 2 atom stereocenters. The first-order chi connectivity index (χ1) is 15.2. The molecule has 2 rings (SSSR count). The molecule has 0 fully saturated rings. The van der Waals surface area contributed by atoms with Gasteiger partial charge >= 0.3 is 12.1 Å². The lowest BCUT2D eigenvalue weighted by Gasteiger charge is -2.22. The summed E-state index contributed by atoms with van der Waals surface area (Å²) in [6.07, 6.45) is -5.48. The van der Waals surface area contributed by atoms with Gasteiger partial charge in [0.2, 0.25) is 0 Å². The summed E-state index contributed by atoms with van der Waals surface area (Å²) in [5.74, 6) is -2.26. The van der Waals surface area contributed by atoms with Gasteiger partial charge in [-0.2, -0.15) is 13.2 Å². The minimum absolute atomic E-state index is 0.0382. The molecule has 0 amide bonds. The number of carbonyl (C=O) groups excluding carboxylic acids is 1. The van der Waals surface area contributed by atoms with Gasteiger partial charge in [0.15, 0.2) is 0 Å². The Kier molecular flexibility index (Phi) is 9.97. The second-order valence-corrected chi connectivity index (χ2v) is 7.55. The van der Waals surface area contributed by atoms with Crippen molar-refractivity contribution in [3.8, 4) is 5.75 Å². The van der Waals surface area contributed by atoms with Crippen LogP contribution in [0.3, 0.4) is 0 Å².